The van der Waals surface area contributed by atoms with E-state index in [-0.39, 0.29) is 13.2 Å². The van der Waals surface area contributed by atoms with Crippen molar-refractivity contribution < 1.29 is 19.4 Å². The largest absolute Gasteiger partial charge is 0.396 e. The quantitative estimate of drug-likeness (QED) is 0.524. The van der Waals surface area contributed by atoms with Crippen molar-refractivity contribution >= 4 is 23.2 Å². The first-order valence-corrected chi connectivity index (χ1v) is 7.34. The first kappa shape index (κ1) is 16.3. The van der Waals surface area contributed by atoms with Crippen LogP contribution in [-0.2, 0) is 14.3 Å². The van der Waals surface area contributed by atoms with Gasteiger partial charge in [0, 0.05) is 26.2 Å². The van der Waals surface area contributed by atoms with E-state index >= 15 is 0 Å². The van der Waals surface area contributed by atoms with Gasteiger partial charge in [0.25, 0.3) is 0 Å². The summed E-state index contributed by atoms with van der Waals surface area (Å²) in [6, 6.07) is 7.37. The fourth-order valence-corrected chi connectivity index (χ4v) is 2.20. The van der Waals surface area contributed by atoms with Gasteiger partial charge in [-0.3, -0.25) is 9.59 Å². The second-order valence-electron chi connectivity index (χ2n) is 4.90. The number of hydrogen-bond donors (Lipinski definition) is 3. The number of nitrogens with one attached hydrogen (secondary N) is 2. The topological polar surface area (TPSA) is 90.9 Å². The number of nitrogens with zero attached hydrogens (tertiary/aromatic N) is 1. The lowest BCUT2D eigenvalue weighted by Crippen LogP contribution is -2.38. The summed E-state index contributed by atoms with van der Waals surface area (Å²) in [6.07, 6.45) is 0.420. The van der Waals surface area contributed by atoms with Crippen LogP contribution in [0.3, 0.4) is 0 Å². The van der Waals surface area contributed by atoms with Gasteiger partial charge in [0.15, 0.2) is 0 Å². The van der Waals surface area contributed by atoms with Crippen molar-refractivity contribution in [2.75, 3.05) is 49.7 Å². The zero-order chi connectivity index (χ0) is 15.8. The van der Waals surface area contributed by atoms with Gasteiger partial charge >= 0.3 is 11.8 Å². The van der Waals surface area contributed by atoms with E-state index in [0.29, 0.717) is 25.3 Å². The number of amides is 2. The normalized spacial score (nSPS) is 14.5. The number of para-hydroxylation sites is 2. The molecule has 0 saturated carbocycles. The molecule has 1 aliphatic rings. The number of aliphatic hydroxyl groups is 1. The van der Waals surface area contributed by atoms with E-state index in [2.05, 4.69) is 15.5 Å². The molecule has 0 aliphatic carbocycles. The monoisotopic (exact) mass is 307 g/mol. The minimum atomic E-state index is -0.710. The van der Waals surface area contributed by atoms with E-state index in [1.807, 2.05) is 18.2 Å². The van der Waals surface area contributed by atoms with Crippen LogP contribution in [0.25, 0.3) is 0 Å². The lowest BCUT2D eigenvalue weighted by Gasteiger charge is -2.30. The van der Waals surface area contributed by atoms with Crippen molar-refractivity contribution in [3.05, 3.63) is 24.3 Å². The Balaban J connectivity index is 1.99. The minimum Gasteiger partial charge on any atom is -0.396 e. The summed E-state index contributed by atoms with van der Waals surface area (Å²) < 4.78 is 5.32. The zero-order valence-electron chi connectivity index (χ0n) is 12.4. The van der Waals surface area contributed by atoms with Crippen molar-refractivity contribution in [2.24, 2.45) is 0 Å². The number of aliphatic hydroxyl groups excluding tert-OH is 1. The Morgan fingerprint density at radius 3 is 2.64 bits per heavy atom. The summed E-state index contributed by atoms with van der Waals surface area (Å²) in [5, 5.41) is 13.8. The highest BCUT2D eigenvalue weighted by Gasteiger charge is 2.18. The van der Waals surface area contributed by atoms with Gasteiger partial charge in [-0.1, -0.05) is 12.1 Å². The number of anilines is 2. The van der Waals surface area contributed by atoms with Crippen LogP contribution in [-0.4, -0.2) is 56.4 Å². The molecule has 120 valence electrons. The molecule has 1 aromatic rings. The molecule has 7 heteroatoms. The van der Waals surface area contributed by atoms with E-state index in [4.69, 9.17) is 9.84 Å². The van der Waals surface area contributed by atoms with Crippen LogP contribution in [0.15, 0.2) is 24.3 Å². The molecule has 1 saturated heterocycles. The zero-order valence-corrected chi connectivity index (χ0v) is 12.4. The lowest BCUT2D eigenvalue weighted by atomic mass is 10.2. The van der Waals surface area contributed by atoms with Crippen LogP contribution in [0.5, 0.6) is 0 Å². The van der Waals surface area contributed by atoms with Crippen LogP contribution in [0, 0.1) is 0 Å². The molecule has 1 fully saturated rings. The second kappa shape index (κ2) is 8.35. The smallest absolute Gasteiger partial charge is 0.313 e. The van der Waals surface area contributed by atoms with Crippen LogP contribution in [0.4, 0.5) is 11.4 Å². The first-order chi connectivity index (χ1) is 10.7. The van der Waals surface area contributed by atoms with E-state index < -0.39 is 11.8 Å². The molecular weight excluding hydrogens is 286 g/mol. The third kappa shape index (κ3) is 4.44. The first-order valence-electron chi connectivity index (χ1n) is 7.34. The maximum Gasteiger partial charge on any atom is 0.313 e. The molecule has 2 rings (SSSR count). The summed E-state index contributed by atoms with van der Waals surface area (Å²) in [5.74, 6) is -1.41. The number of hydrogen-bond acceptors (Lipinski definition) is 5. The van der Waals surface area contributed by atoms with Crippen molar-refractivity contribution in [2.45, 2.75) is 6.42 Å². The summed E-state index contributed by atoms with van der Waals surface area (Å²) in [5.41, 5.74) is 1.48. The number of benzene rings is 1. The Labute approximate surface area is 129 Å². The Kier molecular flexibility index (Phi) is 6.17. The molecule has 1 aliphatic heterocycles. The van der Waals surface area contributed by atoms with Gasteiger partial charge in [-0.25, -0.2) is 0 Å². The van der Waals surface area contributed by atoms with E-state index in [9.17, 15) is 9.59 Å². The number of carbonyl (C=O) groups is 2. The highest BCUT2D eigenvalue weighted by molar-refractivity contribution is 6.39. The molecule has 0 spiro atoms. The number of carbonyl (C=O) groups excluding carboxylic acids is 2. The third-order valence-corrected chi connectivity index (χ3v) is 3.33. The molecule has 3 N–H and O–H groups in total. The average molecular weight is 307 g/mol. The summed E-state index contributed by atoms with van der Waals surface area (Å²) in [4.78, 5) is 25.7. The van der Waals surface area contributed by atoms with E-state index in [0.717, 1.165) is 18.8 Å². The summed E-state index contributed by atoms with van der Waals surface area (Å²) in [7, 11) is 0. The van der Waals surface area contributed by atoms with Crippen molar-refractivity contribution in [1.29, 1.82) is 0 Å². The maximum atomic E-state index is 11.9. The second-order valence-corrected chi connectivity index (χ2v) is 4.90. The molecular formula is C15H21N3O4. The van der Waals surface area contributed by atoms with Gasteiger partial charge in [-0.2, -0.15) is 0 Å². The van der Waals surface area contributed by atoms with Crippen LogP contribution in [0.2, 0.25) is 0 Å². The SMILES string of the molecule is O=C(NCCCO)C(=O)Nc1ccccc1N1CCOCC1. The molecule has 0 unspecified atom stereocenters. The van der Waals surface area contributed by atoms with E-state index in [1.165, 1.54) is 0 Å². The van der Waals surface area contributed by atoms with Gasteiger partial charge in [-0.05, 0) is 18.6 Å². The third-order valence-electron chi connectivity index (χ3n) is 3.33. The highest BCUT2D eigenvalue weighted by Crippen LogP contribution is 2.26. The molecule has 0 atom stereocenters. The predicted molar refractivity (Wildman–Crippen MR) is 82.8 cm³/mol. The molecule has 22 heavy (non-hydrogen) atoms. The van der Waals surface area contributed by atoms with Gasteiger partial charge < -0.3 is 25.4 Å². The van der Waals surface area contributed by atoms with Crippen LogP contribution in [0.1, 0.15) is 6.42 Å². The van der Waals surface area contributed by atoms with Gasteiger partial charge in [-0.15, -0.1) is 0 Å². The van der Waals surface area contributed by atoms with E-state index in [1.54, 1.807) is 6.07 Å². The Hall–Kier alpha value is -2.12. The van der Waals surface area contributed by atoms with Crippen molar-refractivity contribution in [1.82, 2.24) is 5.32 Å². The van der Waals surface area contributed by atoms with Gasteiger partial charge in [0.05, 0.1) is 24.6 Å². The van der Waals surface area contributed by atoms with Crippen molar-refractivity contribution in [3.63, 3.8) is 0 Å². The Bertz CT molecular complexity index is 515. The van der Waals surface area contributed by atoms with Gasteiger partial charge in [0.1, 0.15) is 0 Å². The molecule has 1 aromatic carbocycles. The molecule has 0 aromatic heterocycles. The maximum absolute atomic E-state index is 11.9. The van der Waals surface area contributed by atoms with Crippen LogP contribution >= 0.6 is 0 Å². The average Bonchev–Trinajstić information content (AvgIpc) is 2.56. The highest BCUT2D eigenvalue weighted by atomic mass is 16.5. The number of morpholine rings is 1. The predicted octanol–water partition coefficient (Wildman–Crippen LogP) is -0.0397. The van der Waals surface area contributed by atoms with Gasteiger partial charge in [0.2, 0.25) is 0 Å². The lowest BCUT2D eigenvalue weighted by molar-refractivity contribution is -0.136. The molecule has 7 nitrogen and oxygen atoms in total. The Morgan fingerprint density at radius 2 is 1.91 bits per heavy atom. The molecule has 0 radical (unpaired) electrons. The number of rotatable bonds is 5. The molecule has 1 heterocycles. The Morgan fingerprint density at radius 1 is 1.18 bits per heavy atom. The molecule has 2 amide bonds. The van der Waals surface area contributed by atoms with Crippen LogP contribution < -0.4 is 15.5 Å². The van der Waals surface area contributed by atoms with Crippen molar-refractivity contribution in [3.8, 4) is 0 Å². The summed E-state index contributed by atoms with van der Waals surface area (Å²) in [6.45, 7) is 3.02. The fourth-order valence-electron chi connectivity index (χ4n) is 2.20. The molecule has 0 bridgehead atoms. The standard InChI is InChI=1S/C15H21N3O4/c19-9-3-6-16-14(20)15(21)17-12-4-1-2-5-13(12)18-7-10-22-11-8-18/h1-2,4-5,19H,3,6-11H2,(H,16,20)(H,17,21). The minimum absolute atomic E-state index is 0.0260. The summed E-state index contributed by atoms with van der Waals surface area (Å²) >= 11 is 0. The number of ether oxygens (including phenoxy) is 1. The fraction of sp³-hybridized carbons (Fsp3) is 0.467.